The average Bonchev–Trinajstić information content (AvgIpc) is 3.32. The second-order valence-electron chi connectivity index (χ2n) is 14.4. The van der Waals surface area contributed by atoms with Crippen LogP contribution in [0.15, 0.2) is 77.4 Å². The zero-order valence-electron chi connectivity index (χ0n) is 28.5. The maximum absolute atomic E-state index is 6.56. The van der Waals surface area contributed by atoms with E-state index in [0.29, 0.717) is 5.92 Å². The summed E-state index contributed by atoms with van der Waals surface area (Å²) < 4.78 is 10.0. The molecular formula is C39H56N6O+2. The van der Waals surface area contributed by atoms with E-state index in [2.05, 4.69) is 119 Å². The van der Waals surface area contributed by atoms with Gasteiger partial charge in [-0.3, -0.25) is 0 Å². The highest BCUT2D eigenvalue weighted by atomic mass is 16.4. The predicted molar refractivity (Wildman–Crippen MR) is 192 cm³/mol. The fraction of sp³-hybridized carbons (Fsp3) is 0.513. The molecule has 0 bridgehead atoms. The lowest BCUT2D eigenvalue weighted by Crippen LogP contribution is -2.40. The van der Waals surface area contributed by atoms with E-state index in [-0.39, 0.29) is 0 Å². The summed E-state index contributed by atoms with van der Waals surface area (Å²) in [5, 5.41) is 7.17. The fourth-order valence-corrected chi connectivity index (χ4v) is 7.22. The van der Waals surface area contributed by atoms with Gasteiger partial charge in [0.1, 0.15) is 0 Å². The van der Waals surface area contributed by atoms with E-state index in [1.165, 1.54) is 60.1 Å². The zero-order valence-corrected chi connectivity index (χ0v) is 28.5. The van der Waals surface area contributed by atoms with Crippen LogP contribution < -0.4 is 20.1 Å². The summed E-state index contributed by atoms with van der Waals surface area (Å²) >= 11 is 0. The minimum absolute atomic E-state index is 0.652. The van der Waals surface area contributed by atoms with Crippen molar-refractivity contribution >= 4 is 27.9 Å². The molecule has 0 saturated carbocycles. The summed E-state index contributed by atoms with van der Waals surface area (Å²) in [7, 11) is 6.89. The lowest BCUT2D eigenvalue weighted by molar-refractivity contribution is -0.870. The van der Waals surface area contributed by atoms with Gasteiger partial charge in [-0.05, 0) is 88.0 Å². The van der Waals surface area contributed by atoms with Gasteiger partial charge >= 0.3 is 5.89 Å². The van der Waals surface area contributed by atoms with Crippen molar-refractivity contribution in [2.24, 2.45) is 5.92 Å². The first-order valence-corrected chi connectivity index (χ1v) is 17.8. The van der Waals surface area contributed by atoms with Crippen molar-refractivity contribution < 1.29 is 13.5 Å². The molecule has 0 radical (unpaired) electrons. The zero-order chi connectivity index (χ0) is 31.8. The Morgan fingerprint density at radius 3 is 2.52 bits per heavy atom. The molecule has 3 aromatic rings. The smallest absolute Gasteiger partial charge is 0.377 e. The van der Waals surface area contributed by atoms with E-state index in [1.54, 1.807) is 0 Å². The first-order chi connectivity index (χ1) is 22.4. The van der Waals surface area contributed by atoms with Gasteiger partial charge in [-0.2, -0.15) is 4.57 Å². The van der Waals surface area contributed by atoms with Crippen LogP contribution in [0.4, 0.5) is 5.69 Å². The van der Waals surface area contributed by atoms with Crippen molar-refractivity contribution in [3.8, 4) is 0 Å². The molecule has 3 aliphatic heterocycles. The molecule has 0 amide bonds. The quantitative estimate of drug-likeness (QED) is 0.237. The molecular weight excluding hydrogens is 568 g/mol. The van der Waals surface area contributed by atoms with Crippen LogP contribution in [0, 0.1) is 5.92 Å². The van der Waals surface area contributed by atoms with Crippen LogP contribution in [-0.2, 0) is 6.54 Å². The number of aromatic nitrogens is 1. The molecule has 0 spiro atoms. The normalized spacial score (nSPS) is 21.8. The Kier molecular flexibility index (Phi) is 11.1. The second kappa shape index (κ2) is 15.6. The number of nitrogens with zero attached hydrogens (tertiary/aromatic N) is 4. The van der Waals surface area contributed by atoms with Crippen LogP contribution in [0.1, 0.15) is 50.0 Å². The van der Waals surface area contributed by atoms with Crippen molar-refractivity contribution in [1.82, 2.24) is 15.5 Å². The molecule has 246 valence electrons. The Bertz CT molecular complexity index is 1520. The minimum atomic E-state index is 0.652. The van der Waals surface area contributed by atoms with Crippen LogP contribution in [0.25, 0.3) is 22.2 Å². The van der Waals surface area contributed by atoms with Gasteiger partial charge in [-0.15, -0.1) is 0 Å². The first-order valence-electron chi connectivity index (χ1n) is 17.8. The van der Waals surface area contributed by atoms with Crippen LogP contribution in [0.3, 0.4) is 0 Å². The van der Waals surface area contributed by atoms with E-state index >= 15 is 0 Å². The summed E-state index contributed by atoms with van der Waals surface area (Å²) in [5.41, 5.74) is 7.36. The number of oxazole rings is 1. The molecule has 6 rings (SSSR count). The van der Waals surface area contributed by atoms with Gasteiger partial charge in [-0.1, -0.05) is 36.4 Å². The monoisotopic (exact) mass is 624 g/mol. The van der Waals surface area contributed by atoms with Crippen molar-refractivity contribution in [2.75, 3.05) is 84.9 Å². The fourth-order valence-electron chi connectivity index (χ4n) is 7.22. The Morgan fingerprint density at radius 2 is 1.70 bits per heavy atom. The number of anilines is 1. The lowest BCUT2D eigenvalue weighted by Gasteiger charge is -2.29. The molecule has 7 nitrogen and oxygen atoms in total. The molecule has 1 saturated heterocycles. The van der Waals surface area contributed by atoms with Gasteiger partial charge in [0.15, 0.2) is 6.54 Å². The minimum Gasteiger partial charge on any atom is -0.398 e. The Morgan fingerprint density at radius 1 is 0.913 bits per heavy atom. The largest absolute Gasteiger partial charge is 0.398 e. The standard InChI is InChI=1S/C39H56N6O/c1-45(2,3)30-8-11-32-16-17-34(39-44(31-32)37-14-6-7-15-38(37)46-39)19-18-33-20-27-43(36-13-5-4-12-35(33)36)26-10-25-42-28-23-40-21-9-22-41-24-29-42/h4-7,12-15,18-20,27,32,40-41H,8-11,16-17,21-26,28-31H2,1-3H3/q+2. The van der Waals surface area contributed by atoms with Crippen molar-refractivity contribution in [1.29, 1.82) is 0 Å². The number of rotatable bonds is 9. The maximum atomic E-state index is 6.56. The predicted octanol–water partition coefficient (Wildman–Crippen LogP) is 5.69. The Hall–Kier alpha value is -3.23. The van der Waals surface area contributed by atoms with Gasteiger partial charge in [0.05, 0.1) is 33.3 Å². The van der Waals surface area contributed by atoms with Crippen LogP contribution in [-0.4, -0.2) is 89.4 Å². The van der Waals surface area contributed by atoms with E-state index in [1.807, 2.05) is 0 Å². The Labute approximate surface area is 276 Å². The summed E-state index contributed by atoms with van der Waals surface area (Å²) in [6, 6.07) is 17.4. The molecule has 2 aromatic carbocycles. The number of hydrogen-bond acceptors (Lipinski definition) is 5. The number of nitrogens with one attached hydrogen (secondary N) is 2. The van der Waals surface area contributed by atoms with E-state index in [9.17, 15) is 0 Å². The molecule has 1 atom stereocenters. The summed E-state index contributed by atoms with van der Waals surface area (Å²) in [4.78, 5) is 5.05. The molecule has 0 aliphatic carbocycles. The number of allylic oxidation sites excluding steroid dienone is 5. The van der Waals surface area contributed by atoms with Crippen LogP contribution >= 0.6 is 0 Å². The van der Waals surface area contributed by atoms with E-state index in [4.69, 9.17) is 4.42 Å². The number of benzene rings is 2. The molecule has 1 unspecified atom stereocenters. The summed E-state index contributed by atoms with van der Waals surface area (Å²) in [6.45, 7) is 11.0. The molecule has 3 aliphatic rings. The van der Waals surface area contributed by atoms with Gasteiger partial charge in [0, 0.05) is 62.2 Å². The van der Waals surface area contributed by atoms with Crippen molar-refractivity contribution in [2.45, 2.75) is 45.1 Å². The molecule has 1 fully saturated rings. The van der Waals surface area contributed by atoms with Crippen molar-refractivity contribution in [3.05, 3.63) is 84.4 Å². The Balaban J connectivity index is 1.17. The maximum Gasteiger partial charge on any atom is 0.377 e. The number of hydrogen-bond donors (Lipinski definition) is 2. The molecule has 7 heteroatoms. The third-order valence-corrected chi connectivity index (χ3v) is 9.80. The topological polar surface area (TPSA) is 47.6 Å². The molecule has 2 N–H and O–H groups in total. The first kappa shape index (κ1) is 32.7. The average molecular weight is 625 g/mol. The highest BCUT2D eigenvalue weighted by molar-refractivity contribution is 5.87. The number of para-hydroxylation sites is 3. The molecule has 46 heavy (non-hydrogen) atoms. The second-order valence-corrected chi connectivity index (χ2v) is 14.4. The summed E-state index contributed by atoms with van der Waals surface area (Å²) in [5.74, 6) is 1.68. The number of quaternary nitrogens is 1. The van der Waals surface area contributed by atoms with Gasteiger partial charge in [0.25, 0.3) is 5.52 Å². The van der Waals surface area contributed by atoms with Crippen LogP contribution in [0.2, 0.25) is 0 Å². The van der Waals surface area contributed by atoms with Crippen LogP contribution in [0.5, 0.6) is 0 Å². The molecule has 4 heterocycles. The highest BCUT2D eigenvalue weighted by Gasteiger charge is 2.32. The van der Waals surface area contributed by atoms with Gasteiger partial charge in [-0.25, -0.2) is 0 Å². The SMILES string of the molecule is C[N+](C)(C)CCCC1CC/C(=C/C=C2/C=CN(CCCN3CCNCCCNCC3)c3ccccc32)c2oc3ccccc3[n+]2C1. The third-order valence-electron chi connectivity index (χ3n) is 9.80. The highest BCUT2D eigenvalue weighted by Crippen LogP contribution is 2.35. The third kappa shape index (κ3) is 8.56. The van der Waals surface area contributed by atoms with Crippen molar-refractivity contribution in [3.63, 3.8) is 0 Å². The molecule has 1 aromatic heterocycles. The van der Waals surface area contributed by atoms with E-state index < -0.39 is 0 Å². The number of fused-ring (bicyclic) bond motifs is 4. The lowest BCUT2D eigenvalue weighted by atomic mass is 9.95. The van der Waals surface area contributed by atoms with Gasteiger partial charge in [0.2, 0.25) is 5.58 Å². The van der Waals surface area contributed by atoms with E-state index in [0.717, 1.165) is 87.7 Å². The summed E-state index contributed by atoms with van der Waals surface area (Å²) in [6.07, 6.45) is 16.4. The van der Waals surface area contributed by atoms with Gasteiger partial charge < -0.3 is 29.3 Å².